The Kier molecular flexibility index (Phi) is 68.7. The molecule has 0 saturated heterocycles. The van der Waals surface area contributed by atoms with E-state index in [1.165, 1.54) is 212 Å². The first-order valence-electron chi connectivity index (χ1n) is 41.7. The van der Waals surface area contributed by atoms with Gasteiger partial charge < -0.3 is 33.8 Å². The molecule has 0 radical (unpaired) electrons. The van der Waals surface area contributed by atoms with Crippen LogP contribution >= 0.6 is 15.6 Å². The Hall–Kier alpha value is -1.94. The summed E-state index contributed by atoms with van der Waals surface area (Å²) >= 11 is 0. The Morgan fingerprint density at radius 3 is 0.620 bits per heavy atom. The number of aliphatic hydroxyl groups excluding tert-OH is 1. The molecular weight excluding hydrogens is 1310 g/mol. The van der Waals surface area contributed by atoms with Crippen LogP contribution in [0.4, 0.5) is 0 Å². The van der Waals surface area contributed by atoms with Gasteiger partial charge in [0, 0.05) is 25.7 Å². The van der Waals surface area contributed by atoms with E-state index in [4.69, 9.17) is 37.0 Å². The van der Waals surface area contributed by atoms with Crippen LogP contribution in [0.1, 0.15) is 415 Å². The van der Waals surface area contributed by atoms with Gasteiger partial charge in [-0.05, 0) is 49.4 Å². The number of ether oxygens (including phenoxy) is 4. The lowest BCUT2D eigenvalue weighted by Crippen LogP contribution is -2.30. The maximum Gasteiger partial charge on any atom is 0.472 e. The Balaban J connectivity index is 5.16. The minimum atomic E-state index is -4.96. The Bertz CT molecular complexity index is 1950. The van der Waals surface area contributed by atoms with Crippen molar-refractivity contribution in [2.45, 2.75) is 433 Å². The molecule has 100 heavy (non-hydrogen) atoms. The van der Waals surface area contributed by atoms with Crippen molar-refractivity contribution in [2.24, 2.45) is 23.7 Å². The second-order valence-electron chi connectivity index (χ2n) is 31.1. The van der Waals surface area contributed by atoms with Gasteiger partial charge in [0.15, 0.2) is 12.2 Å². The fourth-order valence-electron chi connectivity index (χ4n) is 12.4. The molecule has 0 aromatic carbocycles. The van der Waals surface area contributed by atoms with Crippen LogP contribution in [0.2, 0.25) is 0 Å². The lowest BCUT2D eigenvalue weighted by atomic mass is 10.0. The molecule has 17 nitrogen and oxygen atoms in total. The predicted molar refractivity (Wildman–Crippen MR) is 409 cm³/mol. The second kappa shape index (κ2) is 70.1. The summed E-state index contributed by atoms with van der Waals surface area (Å²) in [6.45, 7) is 14.2. The van der Waals surface area contributed by atoms with E-state index in [1.54, 1.807) is 0 Å². The first-order valence-corrected chi connectivity index (χ1v) is 44.7. The van der Waals surface area contributed by atoms with Gasteiger partial charge in [0.05, 0.1) is 26.4 Å². The smallest absolute Gasteiger partial charge is 0.462 e. The summed E-state index contributed by atoms with van der Waals surface area (Å²) in [4.78, 5) is 72.9. The van der Waals surface area contributed by atoms with Crippen LogP contribution in [-0.4, -0.2) is 96.7 Å². The van der Waals surface area contributed by atoms with Crippen molar-refractivity contribution in [3.63, 3.8) is 0 Å². The molecule has 594 valence electrons. The van der Waals surface area contributed by atoms with Crippen LogP contribution < -0.4 is 0 Å². The van der Waals surface area contributed by atoms with Gasteiger partial charge in [-0.3, -0.25) is 37.3 Å². The summed E-state index contributed by atoms with van der Waals surface area (Å²) < 4.78 is 68.6. The van der Waals surface area contributed by atoms with E-state index in [0.29, 0.717) is 31.6 Å². The van der Waals surface area contributed by atoms with Gasteiger partial charge in [0.25, 0.3) is 0 Å². The van der Waals surface area contributed by atoms with E-state index in [9.17, 15) is 43.2 Å². The molecule has 0 bridgehead atoms. The molecule has 0 amide bonds. The largest absolute Gasteiger partial charge is 0.472 e. The van der Waals surface area contributed by atoms with Crippen LogP contribution in [-0.2, 0) is 65.4 Å². The van der Waals surface area contributed by atoms with Crippen LogP contribution in [0.5, 0.6) is 0 Å². The third-order valence-electron chi connectivity index (χ3n) is 18.8. The van der Waals surface area contributed by atoms with Crippen LogP contribution in [0.25, 0.3) is 0 Å². The zero-order valence-corrected chi connectivity index (χ0v) is 67.6. The standard InChI is InChI=1S/C81H158O17P2/c1-71(2)57-49-41-33-27-23-19-15-11-9-10-12-17-21-25-29-37-47-55-63-80(85)97-76(67-91-78(83)61-53-45-36-32-31-35-43-51-59-73(5)6)69-95-99(87,88)93-65-75(82)66-94-100(89,90)96-70-77(68-92-79(84)62-54-46-40-39-44-52-60-74(7)8)98-81(86)64-56-48-38-30-26-22-18-14-13-16-20-24-28-34-42-50-58-72(3)4/h71-77,82H,9-70H2,1-8H3,(H,87,88)(H,89,90)/t75?,76-,77-/m1/s1. The molecule has 0 spiro atoms. The molecule has 0 rings (SSSR count). The number of esters is 4. The fraction of sp³-hybridized carbons (Fsp3) is 0.951. The molecular formula is C81H158O17P2. The van der Waals surface area contributed by atoms with Crippen molar-refractivity contribution < 1.29 is 80.2 Å². The maximum absolute atomic E-state index is 13.1. The first-order chi connectivity index (χ1) is 48.1. The SMILES string of the molecule is CC(C)CCCCCCCCCCCCCCCCCCCCC(=O)O[C@H](COC(=O)CCCCCCCCCCC(C)C)COP(=O)(O)OCC(O)COP(=O)(O)OC[C@@H](COC(=O)CCCCCCCCC(C)C)OC(=O)CCCCCCCCCCCCCCCCCCC(C)C. The molecule has 0 saturated carbocycles. The van der Waals surface area contributed by atoms with Gasteiger partial charge in [0.1, 0.15) is 19.3 Å². The molecule has 0 aromatic heterocycles. The topological polar surface area (TPSA) is 237 Å². The lowest BCUT2D eigenvalue weighted by molar-refractivity contribution is -0.161. The van der Waals surface area contributed by atoms with Crippen molar-refractivity contribution in [2.75, 3.05) is 39.6 Å². The Morgan fingerprint density at radius 2 is 0.420 bits per heavy atom. The second-order valence-corrected chi connectivity index (χ2v) is 34.0. The van der Waals surface area contributed by atoms with Crippen LogP contribution in [0.3, 0.4) is 0 Å². The summed E-state index contributed by atoms with van der Waals surface area (Å²) in [7, 11) is -9.92. The summed E-state index contributed by atoms with van der Waals surface area (Å²) in [5.74, 6) is 0.917. The van der Waals surface area contributed by atoms with Gasteiger partial charge in [-0.25, -0.2) is 9.13 Å². The average molecular weight is 1470 g/mol. The highest BCUT2D eigenvalue weighted by Gasteiger charge is 2.30. The summed E-state index contributed by atoms with van der Waals surface area (Å²) in [5, 5.41) is 10.6. The third-order valence-corrected chi connectivity index (χ3v) is 20.7. The Morgan fingerprint density at radius 1 is 0.250 bits per heavy atom. The monoisotopic (exact) mass is 1470 g/mol. The molecule has 19 heteroatoms. The van der Waals surface area contributed by atoms with Crippen molar-refractivity contribution in [3.8, 4) is 0 Å². The third kappa shape index (κ3) is 74.3. The highest BCUT2D eigenvalue weighted by Crippen LogP contribution is 2.45. The van der Waals surface area contributed by atoms with Crippen molar-refractivity contribution in [1.29, 1.82) is 0 Å². The molecule has 0 heterocycles. The summed E-state index contributed by atoms with van der Waals surface area (Å²) in [5.41, 5.74) is 0. The van der Waals surface area contributed by atoms with E-state index >= 15 is 0 Å². The minimum absolute atomic E-state index is 0.106. The minimum Gasteiger partial charge on any atom is -0.462 e. The fourth-order valence-corrected chi connectivity index (χ4v) is 14.0. The van der Waals surface area contributed by atoms with E-state index in [-0.39, 0.29) is 25.7 Å². The van der Waals surface area contributed by atoms with E-state index in [1.807, 2.05) is 0 Å². The van der Waals surface area contributed by atoms with Gasteiger partial charge in [0.2, 0.25) is 0 Å². The number of rotatable bonds is 78. The molecule has 0 aliphatic heterocycles. The van der Waals surface area contributed by atoms with Crippen molar-refractivity contribution in [3.05, 3.63) is 0 Å². The molecule has 3 unspecified atom stereocenters. The average Bonchev–Trinajstić information content (AvgIpc) is 0.916. The van der Waals surface area contributed by atoms with E-state index < -0.39 is 97.5 Å². The molecule has 0 aliphatic carbocycles. The van der Waals surface area contributed by atoms with Crippen molar-refractivity contribution >= 4 is 39.5 Å². The molecule has 3 N–H and O–H groups in total. The predicted octanol–water partition coefficient (Wildman–Crippen LogP) is 24.0. The molecule has 0 aliphatic rings. The van der Waals surface area contributed by atoms with Gasteiger partial charge in [-0.1, -0.05) is 364 Å². The van der Waals surface area contributed by atoms with E-state index in [2.05, 4.69) is 55.4 Å². The number of aliphatic hydroxyl groups is 1. The molecule has 0 aromatic rings. The number of phosphoric acid groups is 2. The summed E-state index contributed by atoms with van der Waals surface area (Å²) in [6, 6.07) is 0. The van der Waals surface area contributed by atoms with Gasteiger partial charge >= 0.3 is 39.5 Å². The van der Waals surface area contributed by atoms with E-state index in [0.717, 1.165) is 114 Å². The van der Waals surface area contributed by atoms with Crippen LogP contribution in [0.15, 0.2) is 0 Å². The highest BCUT2D eigenvalue weighted by atomic mass is 31.2. The van der Waals surface area contributed by atoms with Crippen molar-refractivity contribution in [1.82, 2.24) is 0 Å². The lowest BCUT2D eigenvalue weighted by Gasteiger charge is -2.21. The number of phosphoric ester groups is 2. The zero-order chi connectivity index (χ0) is 73.8. The maximum atomic E-state index is 13.1. The van der Waals surface area contributed by atoms with Crippen LogP contribution in [0, 0.1) is 23.7 Å². The quantitative estimate of drug-likeness (QED) is 0.0222. The molecule has 5 atom stereocenters. The number of hydrogen-bond acceptors (Lipinski definition) is 15. The summed E-state index contributed by atoms with van der Waals surface area (Å²) in [6.07, 6.45) is 57.2. The van der Waals surface area contributed by atoms with Gasteiger partial charge in [-0.2, -0.15) is 0 Å². The normalized spacial score (nSPS) is 14.0. The number of hydrogen-bond donors (Lipinski definition) is 3. The zero-order valence-electron chi connectivity index (χ0n) is 65.8. The highest BCUT2D eigenvalue weighted by molar-refractivity contribution is 7.47. The first kappa shape index (κ1) is 98.1. The number of unbranched alkanes of at least 4 members (excludes halogenated alkanes) is 44. The number of carbonyl (C=O) groups excluding carboxylic acids is 4. The van der Waals surface area contributed by atoms with Gasteiger partial charge in [-0.15, -0.1) is 0 Å². The number of carbonyl (C=O) groups is 4. The Labute approximate surface area is 613 Å². The molecule has 0 fully saturated rings.